The van der Waals surface area contributed by atoms with E-state index in [-0.39, 0.29) is 6.10 Å². The molecular formula is C22H17F3NO+. The number of nitrogens with zero attached hydrogens (tertiary/aromatic N) is 1. The van der Waals surface area contributed by atoms with E-state index in [0.29, 0.717) is 11.5 Å². The van der Waals surface area contributed by atoms with Crippen molar-refractivity contribution >= 4 is 11.6 Å². The van der Waals surface area contributed by atoms with Gasteiger partial charge in [0.2, 0.25) is 5.69 Å². The molecule has 136 valence electrons. The Morgan fingerprint density at radius 1 is 0.815 bits per heavy atom. The molecule has 0 N–H and O–H groups in total. The third-order valence-corrected chi connectivity index (χ3v) is 4.68. The highest BCUT2D eigenvalue weighted by molar-refractivity contribution is 5.92. The maximum Gasteiger partial charge on any atom is 0.416 e. The van der Waals surface area contributed by atoms with Crippen LogP contribution in [0, 0.1) is 0 Å². The summed E-state index contributed by atoms with van der Waals surface area (Å²) in [4.78, 5) is 0. The molecule has 1 atom stereocenters. The van der Waals surface area contributed by atoms with Crippen LogP contribution in [0.4, 0.5) is 18.9 Å². The SMILES string of the molecule is C[N+]1=C(c2ccc(C(F)(F)F)cc2)OC(c2ccccc2)c2ccccc21. The molecule has 4 rings (SSSR count). The van der Waals surface area contributed by atoms with Crippen LogP contribution in [0.15, 0.2) is 78.9 Å². The van der Waals surface area contributed by atoms with Gasteiger partial charge in [0, 0.05) is 6.07 Å². The normalized spacial score (nSPS) is 16.7. The van der Waals surface area contributed by atoms with Crippen molar-refractivity contribution in [1.82, 2.24) is 0 Å². The van der Waals surface area contributed by atoms with Gasteiger partial charge < -0.3 is 4.74 Å². The Labute approximate surface area is 155 Å². The van der Waals surface area contributed by atoms with Crippen LogP contribution in [0.5, 0.6) is 0 Å². The number of benzene rings is 3. The number of halogens is 3. The standard InChI is InChI=1S/C22H17F3NO/c1-26-19-10-6-5-9-18(19)20(15-7-3-2-4-8-15)27-21(26)16-11-13-17(14-12-16)22(23,24)25/h2-14,20H,1H3/q+1. The van der Waals surface area contributed by atoms with Crippen LogP contribution in [-0.4, -0.2) is 17.5 Å². The van der Waals surface area contributed by atoms with Gasteiger partial charge in [-0.3, -0.25) is 0 Å². The number of ether oxygens (including phenoxy) is 1. The average molecular weight is 368 g/mol. The second-order valence-corrected chi connectivity index (χ2v) is 6.41. The molecule has 0 saturated heterocycles. The predicted octanol–water partition coefficient (Wildman–Crippen LogP) is 5.55. The molecule has 0 saturated carbocycles. The maximum atomic E-state index is 12.9. The summed E-state index contributed by atoms with van der Waals surface area (Å²) in [5, 5.41) is 0. The van der Waals surface area contributed by atoms with E-state index in [0.717, 1.165) is 28.9 Å². The first-order valence-corrected chi connectivity index (χ1v) is 8.54. The highest BCUT2D eigenvalue weighted by Gasteiger charge is 2.35. The molecule has 2 nitrogen and oxygen atoms in total. The van der Waals surface area contributed by atoms with Gasteiger partial charge >= 0.3 is 12.1 Å². The number of rotatable bonds is 2. The zero-order valence-corrected chi connectivity index (χ0v) is 14.6. The second kappa shape index (κ2) is 6.58. The first kappa shape index (κ1) is 17.3. The van der Waals surface area contributed by atoms with Crippen molar-refractivity contribution in [2.24, 2.45) is 0 Å². The van der Waals surface area contributed by atoms with E-state index in [1.165, 1.54) is 12.1 Å². The Bertz CT molecular complexity index is 992. The molecule has 3 aromatic rings. The molecule has 0 spiro atoms. The van der Waals surface area contributed by atoms with Gasteiger partial charge in [-0.2, -0.15) is 17.7 Å². The lowest BCUT2D eigenvalue weighted by Gasteiger charge is -2.25. The number of alkyl halides is 3. The zero-order chi connectivity index (χ0) is 19.0. The van der Waals surface area contributed by atoms with Crippen LogP contribution in [0.25, 0.3) is 0 Å². The van der Waals surface area contributed by atoms with E-state index >= 15 is 0 Å². The van der Waals surface area contributed by atoms with Gasteiger partial charge in [0.25, 0.3) is 0 Å². The van der Waals surface area contributed by atoms with Gasteiger partial charge in [0.05, 0.1) is 16.7 Å². The second-order valence-electron chi connectivity index (χ2n) is 6.41. The summed E-state index contributed by atoms with van der Waals surface area (Å²) in [6, 6.07) is 22.7. The van der Waals surface area contributed by atoms with Gasteiger partial charge in [-0.25, -0.2) is 0 Å². The van der Waals surface area contributed by atoms with Crippen LogP contribution in [0.3, 0.4) is 0 Å². The lowest BCUT2D eigenvalue weighted by molar-refractivity contribution is -0.422. The monoisotopic (exact) mass is 368 g/mol. The smallest absolute Gasteiger partial charge is 0.416 e. The Hall–Kier alpha value is -3.08. The molecule has 1 heterocycles. The molecule has 3 aromatic carbocycles. The first-order chi connectivity index (χ1) is 12.9. The summed E-state index contributed by atoms with van der Waals surface area (Å²) in [5.74, 6) is 0.524. The van der Waals surface area contributed by atoms with Crippen LogP contribution < -0.4 is 0 Å². The molecule has 0 radical (unpaired) electrons. The van der Waals surface area contributed by atoms with Crippen molar-refractivity contribution in [2.45, 2.75) is 12.3 Å². The van der Waals surface area contributed by atoms with E-state index in [1.54, 1.807) is 0 Å². The van der Waals surface area contributed by atoms with E-state index in [9.17, 15) is 13.2 Å². The topological polar surface area (TPSA) is 12.2 Å². The maximum absolute atomic E-state index is 12.9. The van der Waals surface area contributed by atoms with Gasteiger partial charge in [-0.15, -0.1) is 0 Å². The Balaban J connectivity index is 1.81. The van der Waals surface area contributed by atoms with Crippen molar-refractivity contribution in [1.29, 1.82) is 0 Å². The molecule has 1 aliphatic heterocycles. The first-order valence-electron chi connectivity index (χ1n) is 8.54. The fraction of sp³-hybridized carbons (Fsp3) is 0.136. The van der Waals surface area contributed by atoms with Crippen LogP contribution in [0.2, 0.25) is 0 Å². The molecule has 5 heteroatoms. The van der Waals surface area contributed by atoms with Crippen molar-refractivity contribution in [3.8, 4) is 0 Å². The van der Waals surface area contributed by atoms with Crippen molar-refractivity contribution in [3.05, 3.63) is 101 Å². The minimum absolute atomic E-state index is 0.323. The molecule has 0 fully saturated rings. The summed E-state index contributed by atoms with van der Waals surface area (Å²) in [5.41, 5.74) is 2.89. The lowest BCUT2D eigenvalue weighted by Crippen LogP contribution is -2.27. The Morgan fingerprint density at radius 3 is 2.11 bits per heavy atom. The van der Waals surface area contributed by atoms with E-state index < -0.39 is 11.7 Å². The van der Waals surface area contributed by atoms with E-state index in [4.69, 9.17) is 4.74 Å². The summed E-state index contributed by atoms with van der Waals surface area (Å²) < 4.78 is 46.8. The van der Waals surface area contributed by atoms with E-state index in [1.807, 2.05) is 66.2 Å². The third kappa shape index (κ3) is 3.21. The minimum Gasteiger partial charge on any atom is -0.431 e. The molecule has 1 unspecified atom stereocenters. The molecular weight excluding hydrogens is 351 g/mol. The average Bonchev–Trinajstić information content (AvgIpc) is 2.69. The van der Waals surface area contributed by atoms with Gasteiger partial charge in [-0.1, -0.05) is 42.5 Å². The van der Waals surface area contributed by atoms with Crippen LogP contribution in [-0.2, 0) is 10.9 Å². The number of para-hydroxylation sites is 1. The highest BCUT2D eigenvalue weighted by atomic mass is 19.4. The minimum atomic E-state index is -4.36. The Kier molecular flexibility index (Phi) is 4.22. The fourth-order valence-electron chi connectivity index (χ4n) is 3.32. The van der Waals surface area contributed by atoms with Crippen LogP contribution in [0.1, 0.15) is 28.4 Å². The van der Waals surface area contributed by atoms with Gasteiger partial charge in [0.15, 0.2) is 6.10 Å². The molecule has 0 aliphatic carbocycles. The summed E-state index contributed by atoms with van der Waals surface area (Å²) in [6.45, 7) is 0. The lowest BCUT2D eigenvalue weighted by atomic mass is 9.98. The zero-order valence-electron chi connectivity index (χ0n) is 14.6. The molecule has 0 aromatic heterocycles. The largest absolute Gasteiger partial charge is 0.431 e. The van der Waals surface area contributed by atoms with E-state index in [2.05, 4.69) is 0 Å². The van der Waals surface area contributed by atoms with Gasteiger partial charge in [-0.05, 0) is 35.9 Å². The third-order valence-electron chi connectivity index (χ3n) is 4.68. The molecule has 0 amide bonds. The van der Waals surface area contributed by atoms with Crippen molar-refractivity contribution < 1.29 is 22.5 Å². The summed E-state index contributed by atoms with van der Waals surface area (Å²) in [7, 11) is 1.85. The predicted molar refractivity (Wildman–Crippen MR) is 97.2 cm³/mol. The number of hydrogen-bond acceptors (Lipinski definition) is 1. The summed E-state index contributed by atoms with van der Waals surface area (Å²) >= 11 is 0. The molecule has 0 bridgehead atoms. The number of hydrogen-bond donors (Lipinski definition) is 0. The van der Waals surface area contributed by atoms with Gasteiger partial charge in [0.1, 0.15) is 7.05 Å². The van der Waals surface area contributed by atoms with Crippen molar-refractivity contribution in [3.63, 3.8) is 0 Å². The molecule has 27 heavy (non-hydrogen) atoms. The number of fused-ring (bicyclic) bond motifs is 1. The highest BCUT2D eigenvalue weighted by Crippen LogP contribution is 2.37. The van der Waals surface area contributed by atoms with Crippen LogP contribution >= 0.6 is 0 Å². The fourth-order valence-corrected chi connectivity index (χ4v) is 3.32. The quantitative estimate of drug-likeness (QED) is 0.541. The Morgan fingerprint density at radius 2 is 1.44 bits per heavy atom. The van der Waals surface area contributed by atoms with Crippen molar-refractivity contribution in [2.75, 3.05) is 7.05 Å². The molecule has 1 aliphatic rings. The summed E-state index contributed by atoms with van der Waals surface area (Å²) in [6.07, 6.45) is -4.68.